The second kappa shape index (κ2) is 6.68. The summed E-state index contributed by atoms with van der Waals surface area (Å²) in [6, 6.07) is -0.0501. The number of nitrogens with one attached hydrogen (secondary N) is 2. The predicted octanol–water partition coefficient (Wildman–Crippen LogP) is 0.213. The second-order valence-electron chi connectivity index (χ2n) is 6.22. The van der Waals surface area contributed by atoms with Gasteiger partial charge in [-0.1, -0.05) is 13.8 Å². The van der Waals surface area contributed by atoms with E-state index in [9.17, 15) is 4.79 Å². The fourth-order valence-electron chi connectivity index (χ4n) is 2.92. The van der Waals surface area contributed by atoms with Gasteiger partial charge in [-0.2, -0.15) is 0 Å². The zero-order valence-corrected chi connectivity index (χ0v) is 12.2. The van der Waals surface area contributed by atoms with Gasteiger partial charge in [0, 0.05) is 26.2 Å². The Hall–Kier alpha value is -0.650. The molecule has 2 rings (SSSR count). The number of piperidine rings is 1. The van der Waals surface area contributed by atoms with Crippen LogP contribution in [0.15, 0.2) is 0 Å². The van der Waals surface area contributed by atoms with Gasteiger partial charge in [0.1, 0.15) is 0 Å². The minimum absolute atomic E-state index is 0.0501. The van der Waals surface area contributed by atoms with Crippen molar-refractivity contribution in [1.29, 1.82) is 0 Å². The molecule has 0 aromatic heterocycles. The summed E-state index contributed by atoms with van der Waals surface area (Å²) in [7, 11) is 0. The maximum Gasteiger partial charge on any atom is 0.237 e. The zero-order valence-electron chi connectivity index (χ0n) is 12.2. The molecule has 0 saturated carbocycles. The fraction of sp³-hybridized carbons (Fsp3) is 0.929. The lowest BCUT2D eigenvalue weighted by Gasteiger charge is -2.38. The first-order chi connectivity index (χ1) is 9.09. The summed E-state index contributed by atoms with van der Waals surface area (Å²) < 4.78 is 5.31. The fourth-order valence-corrected chi connectivity index (χ4v) is 2.92. The van der Waals surface area contributed by atoms with E-state index in [-0.39, 0.29) is 17.4 Å². The number of carbonyl (C=O) groups excluding carboxylic acids is 1. The van der Waals surface area contributed by atoms with Crippen LogP contribution in [-0.4, -0.2) is 62.8 Å². The van der Waals surface area contributed by atoms with E-state index in [0.29, 0.717) is 0 Å². The Kier molecular flexibility index (Phi) is 5.19. The molecular formula is C14H27N3O2. The monoisotopic (exact) mass is 269 g/mol. The molecule has 2 heterocycles. The minimum atomic E-state index is -0.0501. The van der Waals surface area contributed by atoms with Crippen molar-refractivity contribution >= 4 is 5.91 Å². The van der Waals surface area contributed by atoms with Crippen LogP contribution in [0, 0.1) is 5.41 Å². The van der Waals surface area contributed by atoms with Crippen LogP contribution in [0.5, 0.6) is 0 Å². The third-order valence-corrected chi connectivity index (χ3v) is 4.22. The molecule has 2 N–H and O–H groups in total. The van der Waals surface area contributed by atoms with Gasteiger partial charge in [-0.25, -0.2) is 0 Å². The summed E-state index contributed by atoms with van der Waals surface area (Å²) in [4.78, 5) is 14.6. The van der Waals surface area contributed by atoms with E-state index in [4.69, 9.17) is 4.74 Å². The van der Waals surface area contributed by atoms with Gasteiger partial charge >= 0.3 is 0 Å². The molecule has 0 aliphatic carbocycles. The van der Waals surface area contributed by atoms with Crippen molar-refractivity contribution in [1.82, 2.24) is 15.5 Å². The lowest BCUT2D eigenvalue weighted by atomic mass is 9.77. The standard InChI is InChI=1S/C14H27N3O2/c1-14(2)4-3-5-15-12(14)13(18)16-6-7-17-8-10-19-11-9-17/h12,15H,3-11H2,1-2H3,(H,16,18). The van der Waals surface area contributed by atoms with Crippen LogP contribution in [0.1, 0.15) is 26.7 Å². The molecule has 0 aromatic rings. The first-order valence-corrected chi connectivity index (χ1v) is 7.41. The van der Waals surface area contributed by atoms with Gasteiger partial charge in [0.15, 0.2) is 0 Å². The van der Waals surface area contributed by atoms with Gasteiger partial charge in [0.05, 0.1) is 19.3 Å². The maximum absolute atomic E-state index is 12.2. The van der Waals surface area contributed by atoms with E-state index in [1.165, 1.54) is 0 Å². The number of hydrogen-bond donors (Lipinski definition) is 2. The van der Waals surface area contributed by atoms with E-state index in [0.717, 1.165) is 58.8 Å². The summed E-state index contributed by atoms with van der Waals surface area (Å²) >= 11 is 0. The van der Waals surface area contributed by atoms with Crippen molar-refractivity contribution in [3.05, 3.63) is 0 Å². The van der Waals surface area contributed by atoms with E-state index in [1.807, 2.05) is 0 Å². The van der Waals surface area contributed by atoms with E-state index >= 15 is 0 Å². The highest BCUT2D eigenvalue weighted by Gasteiger charge is 2.36. The highest BCUT2D eigenvalue weighted by Crippen LogP contribution is 2.29. The number of ether oxygens (including phenoxy) is 1. The average molecular weight is 269 g/mol. The van der Waals surface area contributed by atoms with Crippen LogP contribution in [0.4, 0.5) is 0 Å². The topological polar surface area (TPSA) is 53.6 Å². The molecule has 5 heteroatoms. The first-order valence-electron chi connectivity index (χ1n) is 7.41. The van der Waals surface area contributed by atoms with E-state index in [2.05, 4.69) is 29.4 Å². The van der Waals surface area contributed by atoms with Gasteiger partial charge in [0.2, 0.25) is 5.91 Å². The SMILES string of the molecule is CC1(C)CCCNC1C(=O)NCCN1CCOCC1. The Morgan fingerprint density at radius 1 is 1.42 bits per heavy atom. The number of morpholine rings is 1. The molecule has 110 valence electrons. The number of amides is 1. The van der Waals surface area contributed by atoms with Gasteiger partial charge in [-0.3, -0.25) is 9.69 Å². The number of rotatable bonds is 4. The molecule has 19 heavy (non-hydrogen) atoms. The van der Waals surface area contributed by atoms with Crippen LogP contribution in [-0.2, 0) is 9.53 Å². The van der Waals surface area contributed by atoms with Crippen LogP contribution in [0.2, 0.25) is 0 Å². The molecule has 2 saturated heterocycles. The molecule has 5 nitrogen and oxygen atoms in total. The number of nitrogens with zero attached hydrogens (tertiary/aromatic N) is 1. The van der Waals surface area contributed by atoms with Gasteiger partial charge in [0.25, 0.3) is 0 Å². The van der Waals surface area contributed by atoms with Crippen molar-refractivity contribution in [3.8, 4) is 0 Å². The van der Waals surface area contributed by atoms with Crippen molar-refractivity contribution in [2.45, 2.75) is 32.7 Å². The van der Waals surface area contributed by atoms with Gasteiger partial charge < -0.3 is 15.4 Å². The van der Waals surface area contributed by atoms with Crippen molar-refractivity contribution in [3.63, 3.8) is 0 Å². The molecule has 1 unspecified atom stereocenters. The Morgan fingerprint density at radius 2 is 2.16 bits per heavy atom. The molecule has 0 bridgehead atoms. The molecule has 0 aromatic carbocycles. The van der Waals surface area contributed by atoms with Gasteiger partial charge in [-0.15, -0.1) is 0 Å². The molecule has 0 radical (unpaired) electrons. The summed E-state index contributed by atoms with van der Waals surface area (Å²) in [6.45, 7) is 10.5. The summed E-state index contributed by atoms with van der Waals surface area (Å²) in [5.74, 6) is 0.151. The lowest BCUT2D eigenvalue weighted by molar-refractivity contribution is -0.126. The molecule has 1 atom stereocenters. The summed E-state index contributed by atoms with van der Waals surface area (Å²) in [5.41, 5.74) is 0.0568. The van der Waals surface area contributed by atoms with Gasteiger partial charge in [-0.05, 0) is 24.8 Å². The maximum atomic E-state index is 12.2. The molecule has 2 aliphatic heterocycles. The molecule has 2 fully saturated rings. The third-order valence-electron chi connectivity index (χ3n) is 4.22. The predicted molar refractivity (Wildman–Crippen MR) is 75.1 cm³/mol. The smallest absolute Gasteiger partial charge is 0.237 e. The van der Waals surface area contributed by atoms with Crippen LogP contribution in [0.3, 0.4) is 0 Å². The van der Waals surface area contributed by atoms with E-state index < -0.39 is 0 Å². The Labute approximate surface area is 116 Å². The normalized spacial score (nSPS) is 28.0. The first kappa shape index (κ1) is 14.8. The molecule has 0 spiro atoms. The largest absolute Gasteiger partial charge is 0.379 e. The van der Waals surface area contributed by atoms with E-state index in [1.54, 1.807) is 0 Å². The molecule has 1 amide bonds. The van der Waals surface area contributed by atoms with Crippen LogP contribution < -0.4 is 10.6 Å². The molecule has 2 aliphatic rings. The zero-order chi connectivity index (χ0) is 13.7. The van der Waals surface area contributed by atoms with Crippen molar-refractivity contribution < 1.29 is 9.53 Å². The Morgan fingerprint density at radius 3 is 2.84 bits per heavy atom. The lowest BCUT2D eigenvalue weighted by Crippen LogP contribution is -2.56. The average Bonchev–Trinajstić information content (AvgIpc) is 2.39. The highest BCUT2D eigenvalue weighted by molar-refractivity contribution is 5.82. The van der Waals surface area contributed by atoms with Crippen molar-refractivity contribution in [2.24, 2.45) is 5.41 Å². The highest BCUT2D eigenvalue weighted by atomic mass is 16.5. The summed E-state index contributed by atoms with van der Waals surface area (Å²) in [6.07, 6.45) is 2.27. The second-order valence-corrected chi connectivity index (χ2v) is 6.22. The Balaban J connectivity index is 1.71. The number of hydrogen-bond acceptors (Lipinski definition) is 4. The quantitative estimate of drug-likeness (QED) is 0.766. The summed E-state index contributed by atoms with van der Waals surface area (Å²) in [5, 5.41) is 6.42. The molecular weight excluding hydrogens is 242 g/mol. The number of carbonyl (C=O) groups is 1. The van der Waals surface area contributed by atoms with Crippen LogP contribution >= 0.6 is 0 Å². The third kappa shape index (κ3) is 4.16. The Bertz CT molecular complexity index is 301. The van der Waals surface area contributed by atoms with Crippen LogP contribution in [0.25, 0.3) is 0 Å². The van der Waals surface area contributed by atoms with Crippen molar-refractivity contribution in [2.75, 3.05) is 45.9 Å². The minimum Gasteiger partial charge on any atom is -0.379 e.